The molecule has 0 saturated carbocycles. The summed E-state index contributed by atoms with van der Waals surface area (Å²) in [5, 5.41) is 0. The standard InChI is InChI=1S/C14H19NO3S/c1-5-18-13(16)12(11-9-7-6-8-10-11)15-19(17)14(2,3)4/h6-10H,5H2,1-4H3/b15-12-/t19-/m0/s1. The summed E-state index contributed by atoms with van der Waals surface area (Å²) in [6.07, 6.45) is 0. The first-order valence-corrected chi connectivity index (χ1v) is 7.20. The van der Waals surface area contributed by atoms with E-state index in [0.717, 1.165) is 0 Å². The summed E-state index contributed by atoms with van der Waals surface area (Å²) in [5.74, 6) is -0.550. The van der Waals surface area contributed by atoms with E-state index in [2.05, 4.69) is 4.40 Å². The number of benzene rings is 1. The second-order valence-electron chi connectivity index (χ2n) is 4.89. The van der Waals surface area contributed by atoms with E-state index in [1.807, 2.05) is 6.07 Å². The van der Waals surface area contributed by atoms with Crippen molar-refractivity contribution in [2.75, 3.05) is 6.61 Å². The zero-order valence-electron chi connectivity index (χ0n) is 11.7. The van der Waals surface area contributed by atoms with Gasteiger partial charge in [0.05, 0.1) is 11.4 Å². The lowest BCUT2D eigenvalue weighted by atomic mass is 10.1. The summed E-state index contributed by atoms with van der Waals surface area (Å²) in [6.45, 7) is 7.40. The highest BCUT2D eigenvalue weighted by Crippen LogP contribution is 2.14. The molecule has 0 radical (unpaired) electrons. The van der Waals surface area contributed by atoms with Crippen LogP contribution in [0.4, 0.5) is 0 Å². The van der Waals surface area contributed by atoms with Crippen molar-refractivity contribution in [2.45, 2.75) is 32.4 Å². The van der Waals surface area contributed by atoms with Crippen LogP contribution in [0.5, 0.6) is 0 Å². The van der Waals surface area contributed by atoms with Crippen molar-refractivity contribution in [3.8, 4) is 0 Å². The Morgan fingerprint density at radius 2 is 1.84 bits per heavy atom. The molecular formula is C14H19NO3S. The van der Waals surface area contributed by atoms with Gasteiger partial charge in [-0.3, -0.25) is 0 Å². The fraction of sp³-hybridized carbons (Fsp3) is 0.429. The maximum absolute atomic E-state index is 12.1. The van der Waals surface area contributed by atoms with Crippen LogP contribution in [0, 0.1) is 0 Å². The molecule has 0 saturated heterocycles. The summed E-state index contributed by atoms with van der Waals surface area (Å²) in [6, 6.07) is 8.92. The number of carbonyl (C=O) groups excluding carboxylic acids is 1. The zero-order valence-corrected chi connectivity index (χ0v) is 12.5. The number of carbonyl (C=O) groups is 1. The lowest BCUT2D eigenvalue weighted by Gasteiger charge is -2.14. The Balaban J connectivity index is 3.18. The van der Waals surface area contributed by atoms with Crippen LogP contribution >= 0.6 is 0 Å². The molecule has 1 aromatic rings. The monoisotopic (exact) mass is 281 g/mol. The van der Waals surface area contributed by atoms with E-state index in [-0.39, 0.29) is 12.3 Å². The Morgan fingerprint density at radius 3 is 2.32 bits per heavy atom. The molecule has 0 N–H and O–H groups in total. The molecule has 0 aliphatic carbocycles. The summed E-state index contributed by atoms with van der Waals surface area (Å²) in [5.41, 5.74) is 0.717. The fourth-order valence-corrected chi connectivity index (χ4v) is 1.84. The second kappa shape index (κ2) is 6.61. The molecule has 1 atom stereocenters. The number of hydrogen-bond donors (Lipinski definition) is 0. The van der Waals surface area contributed by atoms with Crippen LogP contribution < -0.4 is 0 Å². The third-order valence-electron chi connectivity index (χ3n) is 2.21. The number of nitrogens with zero attached hydrogens (tertiary/aromatic N) is 1. The highest BCUT2D eigenvalue weighted by molar-refractivity contribution is 7.85. The minimum Gasteiger partial charge on any atom is -0.461 e. The van der Waals surface area contributed by atoms with Crippen LogP contribution in [0.15, 0.2) is 34.7 Å². The van der Waals surface area contributed by atoms with E-state index < -0.39 is 21.7 Å². The third-order valence-corrected chi connectivity index (χ3v) is 3.61. The van der Waals surface area contributed by atoms with E-state index in [0.29, 0.717) is 5.56 Å². The van der Waals surface area contributed by atoms with Gasteiger partial charge in [-0.05, 0) is 27.7 Å². The zero-order chi connectivity index (χ0) is 14.5. The van der Waals surface area contributed by atoms with Crippen molar-refractivity contribution in [3.63, 3.8) is 0 Å². The molecule has 0 aromatic heterocycles. The Morgan fingerprint density at radius 1 is 1.26 bits per heavy atom. The molecule has 19 heavy (non-hydrogen) atoms. The van der Waals surface area contributed by atoms with E-state index in [1.54, 1.807) is 52.0 Å². The van der Waals surface area contributed by atoms with Crippen LogP contribution in [-0.2, 0) is 20.5 Å². The molecule has 1 aromatic carbocycles. The van der Waals surface area contributed by atoms with Gasteiger partial charge in [0.2, 0.25) is 0 Å². The van der Waals surface area contributed by atoms with Crippen LogP contribution in [0.1, 0.15) is 33.3 Å². The molecule has 5 heteroatoms. The van der Waals surface area contributed by atoms with E-state index in [9.17, 15) is 9.00 Å². The average molecular weight is 281 g/mol. The van der Waals surface area contributed by atoms with Crippen molar-refractivity contribution in [2.24, 2.45) is 4.40 Å². The molecular weight excluding hydrogens is 262 g/mol. The summed E-state index contributed by atoms with van der Waals surface area (Å²) < 4.78 is 20.6. The van der Waals surface area contributed by atoms with Gasteiger partial charge in [0.1, 0.15) is 11.0 Å². The highest BCUT2D eigenvalue weighted by atomic mass is 32.2. The van der Waals surface area contributed by atoms with Gasteiger partial charge in [-0.25, -0.2) is 9.00 Å². The maximum Gasteiger partial charge on any atom is 0.358 e. The Kier molecular flexibility index (Phi) is 5.42. The number of hydrogen-bond acceptors (Lipinski definition) is 3. The van der Waals surface area contributed by atoms with Crippen molar-refractivity contribution in [1.82, 2.24) is 0 Å². The minimum atomic E-state index is -1.50. The summed E-state index contributed by atoms with van der Waals surface area (Å²) >= 11 is 0. The molecule has 0 aliphatic rings. The molecule has 4 nitrogen and oxygen atoms in total. The first-order chi connectivity index (χ1) is 8.86. The quantitative estimate of drug-likeness (QED) is 0.629. The molecule has 0 aliphatic heterocycles. The molecule has 0 unspecified atom stereocenters. The average Bonchev–Trinajstić information content (AvgIpc) is 2.35. The van der Waals surface area contributed by atoms with E-state index in [1.165, 1.54) is 0 Å². The lowest BCUT2D eigenvalue weighted by molar-refractivity contribution is -0.134. The summed E-state index contributed by atoms with van der Waals surface area (Å²) in [4.78, 5) is 11.9. The van der Waals surface area contributed by atoms with Crippen LogP contribution in [0.2, 0.25) is 0 Å². The normalized spacial score (nSPS) is 14.0. The first kappa shape index (κ1) is 15.6. The fourth-order valence-electron chi connectivity index (χ4n) is 1.22. The maximum atomic E-state index is 12.1. The lowest BCUT2D eigenvalue weighted by Crippen LogP contribution is -2.25. The predicted molar refractivity (Wildman–Crippen MR) is 77.5 cm³/mol. The Hall–Kier alpha value is -1.49. The first-order valence-electron chi connectivity index (χ1n) is 6.09. The minimum absolute atomic E-state index is 0.107. The molecule has 0 fully saturated rings. The van der Waals surface area contributed by atoms with Crippen LogP contribution in [-0.4, -0.2) is 27.2 Å². The largest absolute Gasteiger partial charge is 0.461 e. The molecule has 104 valence electrons. The highest BCUT2D eigenvalue weighted by Gasteiger charge is 2.23. The molecule has 1 rings (SSSR count). The summed E-state index contributed by atoms with van der Waals surface area (Å²) in [7, 11) is -1.50. The van der Waals surface area contributed by atoms with Gasteiger partial charge in [0.15, 0.2) is 5.71 Å². The molecule has 0 heterocycles. The van der Waals surface area contributed by atoms with E-state index in [4.69, 9.17) is 4.74 Å². The van der Waals surface area contributed by atoms with Crippen molar-refractivity contribution in [3.05, 3.63) is 35.9 Å². The van der Waals surface area contributed by atoms with Gasteiger partial charge in [0.25, 0.3) is 0 Å². The number of esters is 1. The topological polar surface area (TPSA) is 55.7 Å². The van der Waals surface area contributed by atoms with Crippen molar-refractivity contribution in [1.29, 1.82) is 0 Å². The SMILES string of the molecule is CCOC(=O)/C(=N\[S@@](=O)C(C)(C)C)c1ccccc1. The Bertz CT molecular complexity index is 489. The second-order valence-corrected chi connectivity index (χ2v) is 6.79. The van der Waals surface area contributed by atoms with Crippen molar-refractivity contribution < 1.29 is 13.7 Å². The Labute approximate surface area is 116 Å². The molecule has 0 spiro atoms. The van der Waals surface area contributed by atoms with Gasteiger partial charge in [-0.15, -0.1) is 0 Å². The van der Waals surface area contributed by atoms with Crippen molar-refractivity contribution >= 4 is 22.7 Å². The van der Waals surface area contributed by atoms with Gasteiger partial charge < -0.3 is 4.74 Å². The smallest absolute Gasteiger partial charge is 0.358 e. The molecule has 0 bridgehead atoms. The van der Waals surface area contributed by atoms with Gasteiger partial charge >= 0.3 is 5.97 Å². The van der Waals surface area contributed by atoms with Crippen LogP contribution in [0.3, 0.4) is 0 Å². The predicted octanol–water partition coefficient (Wildman–Crippen LogP) is 2.50. The van der Waals surface area contributed by atoms with Gasteiger partial charge in [0, 0.05) is 5.56 Å². The van der Waals surface area contributed by atoms with Crippen LogP contribution in [0.25, 0.3) is 0 Å². The number of rotatable bonds is 4. The van der Waals surface area contributed by atoms with Gasteiger partial charge in [-0.2, -0.15) is 4.40 Å². The third kappa shape index (κ3) is 4.59. The molecule has 0 amide bonds. The van der Waals surface area contributed by atoms with E-state index >= 15 is 0 Å². The van der Waals surface area contributed by atoms with Gasteiger partial charge in [-0.1, -0.05) is 30.3 Å². The number of ether oxygens (including phenoxy) is 1.